The van der Waals surface area contributed by atoms with Gasteiger partial charge in [0.1, 0.15) is 0 Å². The Morgan fingerprint density at radius 3 is 2.33 bits per heavy atom. The first-order chi connectivity index (χ1) is 8.32. The number of nitrogens with one attached hydrogen (secondary N) is 1. The van der Waals surface area contributed by atoms with E-state index in [1.54, 1.807) is 12.3 Å². The van der Waals surface area contributed by atoms with Crippen molar-refractivity contribution >= 4 is 16.7 Å². The van der Waals surface area contributed by atoms with E-state index in [1.165, 1.54) is 0 Å². The molecule has 2 rings (SSSR count). The Morgan fingerprint density at radius 2 is 1.83 bits per heavy atom. The number of aromatic nitrogens is 2. The molecule has 8 heteroatoms. The normalized spacial score (nSPS) is 10.6. The van der Waals surface area contributed by atoms with Crippen LogP contribution in [0.3, 0.4) is 0 Å². The van der Waals surface area contributed by atoms with Crippen molar-refractivity contribution in [1.82, 2.24) is 10.2 Å². The quantitative estimate of drug-likeness (QED) is 0.752. The van der Waals surface area contributed by atoms with E-state index in [0.717, 1.165) is 5.39 Å². The van der Waals surface area contributed by atoms with Gasteiger partial charge in [-0.1, -0.05) is 18.2 Å². The fraction of sp³-hybridized carbons (Fsp3) is 0.100. The largest absolute Gasteiger partial charge is 0.490 e. The van der Waals surface area contributed by atoms with Crippen molar-refractivity contribution in [2.24, 2.45) is 0 Å². The number of carbonyl (C=O) groups is 1. The lowest BCUT2D eigenvalue weighted by molar-refractivity contribution is -0.192. The summed E-state index contributed by atoms with van der Waals surface area (Å²) in [6, 6.07) is 7.34. The van der Waals surface area contributed by atoms with Crippen LogP contribution in [-0.2, 0) is 4.79 Å². The van der Waals surface area contributed by atoms with Crippen molar-refractivity contribution in [2.45, 2.75) is 6.18 Å². The number of halogens is 3. The van der Waals surface area contributed by atoms with Crippen molar-refractivity contribution in [3.05, 3.63) is 40.8 Å². The van der Waals surface area contributed by atoms with Gasteiger partial charge < -0.3 is 5.11 Å². The maximum atomic E-state index is 11.1. The molecular weight excluding hydrogens is 253 g/mol. The zero-order valence-corrected chi connectivity index (χ0v) is 8.73. The molecule has 1 heterocycles. The SMILES string of the molecule is O=C(O)C(F)(F)F.O=c1[nH]ncc2ccccc12. The Kier molecular flexibility index (Phi) is 4.03. The third kappa shape index (κ3) is 3.58. The highest BCUT2D eigenvalue weighted by Crippen LogP contribution is 2.13. The van der Waals surface area contributed by atoms with Crippen LogP contribution in [0.4, 0.5) is 13.2 Å². The average Bonchev–Trinajstić information content (AvgIpc) is 2.29. The maximum absolute atomic E-state index is 11.1. The van der Waals surface area contributed by atoms with Crippen LogP contribution in [0.1, 0.15) is 0 Å². The molecule has 0 unspecified atom stereocenters. The molecule has 1 aromatic heterocycles. The lowest BCUT2D eigenvalue weighted by Gasteiger charge is -1.93. The number of aromatic amines is 1. The lowest BCUT2D eigenvalue weighted by Crippen LogP contribution is -2.21. The van der Waals surface area contributed by atoms with Crippen LogP contribution in [0, 0.1) is 0 Å². The number of benzene rings is 1. The molecule has 2 aromatic rings. The molecule has 5 nitrogen and oxygen atoms in total. The number of H-pyrrole nitrogens is 1. The lowest BCUT2D eigenvalue weighted by atomic mass is 10.2. The number of nitrogens with zero attached hydrogens (tertiary/aromatic N) is 1. The van der Waals surface area contributed by atoms with Crippen LogP contribution in [0.15, 0.2) is 35.3 Å². The van der Waals surface area contributed by atoms with Crippen LogP contribution in [0.25, 0.3) is 10.8 Å². The van der Waals surface area contributed by atoms with Gasteiger partial charge in [-0.15, -0.1) is 0 Å². The number of carboxylic acids is 1. The van der Waals surface area contributed by atoms with Crippen molar-refractivity contribution < 1.29 is 23.1 Å². The second-order valence-electron chi connectivity index (χ2n) is 3.09. The van der Waals surface area contributed by atoms with E-state index >= 15 is 0 Å². The van der Waals surface area contributed by atoms with Gasteiger partial charge in [0.25, 0.3) is 5.56 Å². The van der Waals surface area contributed by atoms with Gasteiger partial charge in [-0.05, 0) is 6.07 Å². The van der Waals surface area contributed by atoms with Gasteiger partial charge in [-0.3, -0.25) is 4.79 Å². The molecule has 0 radical (unpaired) electrons. The second-order valence-corrected chi connectivity index (χ2v) is 3.09. The summed E-state index contributed by atoms with van der Waals surface area (Å²) >= 11 is 0. The minimum Gasteiger partial charge on any atom is -0.475 e. The van der Waals surface area contributed by atoms with Crippen LogP contribution >= 0.6 is 0 Å². The Labute approximate surface area is 97.9 Å². The monoisotopic (exact) mass is 260 g/mol. The van der Waals surface area contributed by atoms with Crippen LogP contribution in [0.5, 0.6) is 0 Å². The van der Waals surface area contributed by atoms with Gasteiger partial charge in [0.15, 0.2) is 0 Å². The Bertz CT molecular complexity index is 602. The molecule has 0 fully saturated rings. The zero-order valence-electron chi connectivity index (χ0n) is 8.73. The summed E-state index contributed by atoms with van der Waals surface area (Å²) in [5, 5.41) is 14.7. The highest BCUT2D eigenvalue weighted by atomic mass is 19.4. The molecule has 0 bridgehead atoms. The fourth-order valence-electron chi connectivity index (χ4n) is 1.04. The highest BCUT2D eigenvalue weighted by Gasteiger charge is 2.38. The van der Waals surface area contributed by atoms with E-state index in [0.29, 0.717) is 5.39 Å². The van der Waals surface area contributed by atoms with Gasteiger partial charge in [0, 0.05) is 10.8 Å². The van der Waals surface area contributed by atoms with Crippen molar-refractivity contribution in [3.63, 3.8) is 0 Å². The summed E-state index contributed by atoms with van der Waals surface area (Å²) in [6.07, 6.45) is -3.45. The third-order valence-electron chi connectivity index (χ3n) is 1.82. The first-order valence-electron chi connectivity index (χ1n) is 4.55. The van der Waals surface area contributed by atoms with Gasteiger partial charge in [0.05, 0.1) is 6.20 Å². The summed E-state index contributed by atoms with van der Waals surface area (Å²) in [7, 11) is 0. The summed E-state index contributed by atoms with van der Waals surface area (Å²) in [5.74, 6) is -2.76. The molecule has 96 valence electrons. The molecule has 0 aliphatic carbocycles. The Morgan fingerprint density at radius 1 is 1.28 bits per heavy atom. The molecule has 0 amide bonds. The van der Waals surface area contributed by atoms with E-state index in [1.807, 2.05) is 18.2 Å². The smallest absolute Gasteiger partial charge is 0.475 e. The maximum Gasteiger partial charge on any atom is 0.490 e. The number of hydrogen-bond donors (Lipinski definition) is 2. The molecule has 0 spiro atoms. The minimum absolute atomic E-state index is 0.136. The van der Waals surface area contributed by atoms with Crippen molar-refractivity contribution in [3.8, 4) is 0 Å². The number of alkyl halides is 3. The molecule has 18 heavy (non-hydrogen) atoms. The van der Waals surface area contributed by atoms with Crippen molar-refractivity contribution in [2.75, 3.05) is 0 Å². The molecule has 0 saturated heterocycles. The summed E-state index contributed by atoms with van der Waals surface area (Å²) in [5.41, 5.74) is -0.136. The molecule has 0 atom stereocenters. The summed E-state index contributed by atoms with van der Waals surface area (Å²) < 4.78 is 31.7. The molecule has 2 N–H and O–H groups in total. The minimum atomic E-state index is -5.08. The molecular formula is C10H7F3N2O3. The first kappa shape index (κ1) is 13.7. The fourth-order valence-corrected chi connectivity index (χ4v) is 1.04. The second kappa shape index (κ2) is 5.30. The Balaban J connectivity index is 0.000000203. The van der Waals surface area contributed by atoms with Crippen molar-refractivity contribution in [1.29, 1.82) is 0 Å². The molecule has 1 aromatic carbocycles. The van der Waals surface area contributed by atoms with E-state index in [4.69, 9.17) is 9.90 Å². The number of aliphatic carboxylic acids is 1. The molecule has 0 aliphatic rings. The zero-order chi connectivity index (χ0) is 13.8. The Hall–Kier alpha value is -2.38. The average molecular weight is 260 g/mol. The topological polar surface area (TPSA) is 83.0 Å². The third-order valence-corrected chi connectivity index (χ3v) is 1.82. The van der Waals surface area contributed by atoms with Gasteiger partial charge in [-0.25, -0.2) is 9.89 Å². The predicted octanol–water partition coefficient (Wildman–Crippen LogP) is 1.56. The number of carboxylic acid groups (broad SMARTS) is 1. The van der Waals surface area contributed by atoms with Crippen LogP contribution in [-0.4, -0.2) is 27.4 Å². The number of fused-ring (bicyclic) bond motifs is 1. The molecule has 0 saturated carbocycles. The predicted molar refractivity (Wildman–Crippen MR) is 56.1 cm³/mol. The first-order valence-corrected chi connectivity index (χ1v) is 4.55. The van der Waals surface area contributed by atoms with Crippen LogP contribution in [0.2, 0.25) is 0 Å². The van der Waals surface area contributed by atoms with E-state index in [-0.39, 0.29) is 5.56 Å². The van der Waals surface area contributed by atoms with E-state index in [2.05, 4.69) is 10.2 Å². The van der Waals surface area contributed by atoms with Gasteiger partial charge in [-0.2, -0.15) is 18.3 Å². The number of hydrogen-bond acceptors (Lipinski definition) is 3. The van der Waals surface area contributed by atoms with Gasteiger partial charge in [0.2, 0.25) is 0 Å². The van der Waals surface area contributed by atoms with Gasteiger partial charge >= 0.3 is 12.1 Å². The standard InChI is InChI=1S/C8H6N2O.C2HF3O2/c11-8-7-4-2-1-3-6(7)5-9-10-8;3-2(4,5)1(6)7/h1-5H,(H,10,11);(H,6,7). The van der Waals surface area contributed by atoms with E-state index in [9.17, 15) is 18.0 Å². The van der Waals surface area contributed by atoms with E-state index < -0.39 is 12.1 Å². The summed E-state index contributed by atoms with van der Waals surface area (Å²) in [4.78, 5) is 20.0. The molecule has 0 aliphatic heterocycles. The number of rotatable bonds is 0. The summed E-state index contributed by atoms with van der Waals surface area (Å²) in [6.45, 7) is 0. The van der Waals surface area contributed by atoms with Crippen LogP contribution < -0.4 is 5.56 Å². The highest BCUT2D eigenvalue weighted by molar-refractivity contribution is 5.80.